The zero-order chi connectivity index (χ0) is 14.1. The predicted molar refractivity (Wildman–Crippen MR) is 72.5 cm³/mol. The average molecular weight is 289 g/mol. The molecule has 1 atom stereocenters. The lowest BCUT2D eigenvalue weighted by molar-refractivity contribution is -0.138. The van der Waals surface area contributed by atoms with Gasteiger partial charge in [-0.25, -0.2) is 4.98 Å². The third-order valence-corrected chi connectivity index (χ3v) is 3.10. The van der Waals surface area contributed by atoms with Crippen molar-refractivity contribution in [3.05, 3.63) is 11.1 Å². The summed E-state index contributed by atoms with van der Waals surface area (Å²) in [5.41, 5.74) is 5.83. The number of carboxylic acids is 1. The maximum Gasteiger partial charge on any atom is 0.326 e. The topological polar surface area (TPSA) is 107 Å². The van der Waals surface area contributed by atoms with Crippen molar-refractivity contribution in [1.29, 1.82) is 0 Å². The van der Waals surface area contributed by atoms with Gasteiger partial charge in [0.05, 0.1) is 18.9 Å². The molecule has 0 amide bonds. The minimum Gasteiger partial charge on any atom is -0.480 e. The van der Waals surface area contributed by atoms with E-state index in [9.17, 15) is 4.79 Å². The third-order valence-electron chi connectivity index (χ3n) is 2.28. The summed E-state index contributed by atoms with van der Waals surface area (Å²) in [6, 6.07) is -1.07. The molecule has 0 saturated heterocycles. The summed E-state index contributed by atoms with van der Waals surface area (Å²) in [5.74, 6) is -1.08. The summed E-state index contributed by atoms with van der Waals surface area (Å²) in [4.78, 5) is 14.8. The van der Waals surface area contributed by atoms with Gasteiger partial charge >= 0.3 is 5.97 Å². The smallest absolute Gasteiger partial charge is 0.326 e. The van der Waals surface area contributed by atoms with E-state index in [0.717, 1.165) is 6.42 Å². The highest BCUT2D eigenvalue weighted by Crippen LogP contribution is 2.19. The van der Waals surface area contributed by atoms with Crippen molar-refractivity contribution in [2.24, 2.45) is 5.73 Å². The van der Waals surface area contributed by atoms with Crippen LogP contribution in [0.3, 0.4) is 0 Å². The van der Waals surface area contributed by atoms with Crippen molar-refractivity contribution in [1.82, 2.24) is 4.98 Å². The number of hydrogen-bond donors (Lipinski definition) is 3. The average Bonchev–Trinajstić information content (AvgIpc) is 2.85. The number of hydrogen-bond acceptors (Lipinski definition) is 7. The number of anilines is 1. The predicted octanol–water partition coefficient (Wildman–Crippen LogP) is 0.693. The number of nitrogens with two attached hydrogens (primary N) is 1. The van der Waals surface area contributed by atoms with Crippen LogP contribution in [0.25, 0.3) is 0 Å². The molecule has 0 aliphatic heterocycles. The number of aromatic nitrogens is 1. The fourth-order valence-corrected chi connectivity index (χ4v) is 2.03. The second-order valence-electron chi connectivity index (χ2n) is 3.78. The Morgan fingerprint density at radius 3 is 3.05 bits per heavy atom. The molecule has 0 spiro atoms. The zero-order valence-electron chi connectivity index (χ0n) is 10.8. The lowest BCUT2D eigenvalue weighted by atomic mass is 10.2. The van der Waals surface area contributed by atoms with Crippen LogP contribution in [-0.4, -0.2) is 49.5 Å². The van der Waals surface area contributed by atoms with Gasteiger partial charge in [0.2, 0.25) is 0 Å². The van der Waals surface area contributed by atoms with Gasteiger partial charge < -0.3 is 25.6 Å². The van der Waals surface area contributed by atoms with E-state index >= 15 is 0 Å². The van der Waals surface area contributed by atoms with Crippen LogP contribution in [0.4, 0.5) is 5.13 Å². The van der Waals surface area contributed by atoms with Crippen molar-refractivity contribution < 1.29 is 19.4 Å². The van der Waals surface area contributed by atoms with E-state index in [1.807, 2.05) is 0 Å². The number of rotatable bonds is 10. The highest BCUT2D eigenvalue weighted by molar-refractivity contribution is 7.13. The summed E-state index contributed by atoms with van der Waals surface area (Å²) >= 11 is 1.34. The Kier molecular flexibility index (Phi) is 7.34. The standard InChI is InChI=1S/C11H19N3O4S/c1-17-5-6-18-4-2-3-13-11-14-8(7-19-11)9(12)10(15)16/h7,9H,2-6,12H2,1H3,(H,13,14)(H,15,16). The van der Waals surface area contributed by atoms with Crippen molar-refractivity contribution in [2.75, 3.05) is 38.8 Å². The van der Waals surface area contributed by atoms with E-state index in [1.165, 1.54) is 11.3 Å². The number of thiazole rings is 1. The SMILES string of the molecule is COCCOCCCNc1nc(C(N)C(=O)O)cs1. The maximum atomic E-state index is 10.7. The lowest BCUT2D eigenvalue weighted by Crippen LogP contribution is -2.21. The fraction of sp³-hybridized carbons (Fsp3) is 0.636. The first-order valence-electron chi connectivity index (χ1n) is 5.89. The molecule has 108 valence electrons. The van der Waals surface area contributed by atoms with Crippen molar-refractivity contribution in [3.8, 4) is 0 Å². The molecule has 8 heteroatoms. The molecular weight excluding hydrogens is 270 g/mol. The van der Waals surface area contributed by atoms with Crippen LogP contribution in [0, 0.1) is 0 Å². The van der Waals surface area contributed by atoms with Gasteiger partial charge in [0.1, 0.15) is 6.04 Å². The van der Waals surface area contributed by atoms with Crippen molar-refractivity contribution >= 4 is 22.4 Å². The highest BCUT2D eigenvalue weighted by atomic mass is 32.1. The van der Waals surface area contributed by atoms with Crippen LogP contribution >= 0.6 is 11.3 Å². The van der Waals surface area contributed by atoms with Gasteiger partial charge in [0, 0.05) is 25.6 Å². The van der Waals surface area contributed by atoms with Crippen LogP contribution in [0.1, 0.15) is 18.2 Å². The first-order chi connectivity index (χ1) is 9.15. The molecule has 4 N–H and O–H groups in total. The second kappa shape index (κ2) is 8.81. The Morgan fingerprint density at radius 1 is 1.58 bits per heavy atom. The van der Waals surface area contributed by atoms with Gasteiger partial charge in [0.25, 0.3) is 0 Å². The van der Waals surface area contributed by atoms with Crippen LogP contribution in [0.2, 0.25) is 0 Å². The van der Waals surface area contributed by atoms with Crippen LogP contribution in [0.15, 0.2) is 5.38 Å². The molecule has 0 aromatic carbocycles. The summed E-state index contributed by atoms with van der Waals surface area (Å²) in [6.45, 7) is 2.53. The van der Waals surface area contributed by atoms with Gasteiger partial charge in [-0.15, -0.1) is 11.3 Å². The number of nitrogens with zero attached hydrogens (tertiary/aromatic N) is 1. The number of carbonyl (C=O) groups is 1. The van der Waals surface area contributed by atoms with E-state index in [-0.39, 0.29) is 0 Å². The first kappa shape index (κ1) is 15.8. The Bertz CT molecular complexity index is 386. The largest absolute Gasteiger partial charge is 0.480 e. The molecule has 7 nitrogen and oxygen atoms in total. The van der Waals surface area contributed by atoms with Gasteiger partial charge in [-0.3, -0.25) is 4.79 Å². The van der Waals surface area contributed by atoms with Gasteiger partial charge in [-0.1, -0.05) is 0 Å². The fourth-order valence-electron chi connectivity index (χ4n) is 1.25. The summed E-state index contributed by atoms with van der Waals surface area (Å²) in [5, 5.41) is 14.2. The quantitative estimate of drug-likeness (QED) is 0.544. The highest BCUT2D eigenvalue weighted by Gasteiger charge is 2.17. The monoisotopic (exact) mass is 289 g/mol. The van der Waals surface area contributed by atoms with E-state index in [1.54, 1.807) is 12.5 Å². The number of carboxylic acid groups (broad SMARTS) is 1. The molecule has 0 aliphatic carbocycles. The minimum absolute atomic E-state index is 0.372. The van der Waals surface area contributed by atoms with E-state index in [0.29, 0.717) is 37.2 Å². The van der Waals surface area contributed by atoms with Gasteiger partial charge in [0.15, 0.2) is 5.13 Å². The zero-order valence-corrected chi connectivity index (χ0v) is 11.6. The van der Waals surface area contributed by atoms with E-state index in [4.69, 9.17) is 20.3 Å². The minimum atomic E-state index is -1.08. The Morgan fingerprint density at radius 2 is 2.37 bits per heavy atom. The molecule has 1 aromatic heterocycles. The molecule has 0 saturated carbocycles. The maximum absolute atomic E-state index is 10.7. The molecule has 1 rings (SSSR count). The summed E-state index contributed by atoms with van der Waals surface area (Å²) in [7, 11) is 1.63. The molecular formula is C11H19N3O4S. The molecule has 0 radical (unpaired) electrons. The number of aliphatic carboxylic acids is 1. The Hall–Kier alpha value is -1.22. The van der Waals surface area contributed by atoms with Crippen LogP contribution < -0.4 is 11.1 Å². The number of ether oxygens (including phenoxy) is 2. The third kappa shape index (κ3) is 5.97. The molecule has 1 unspecified atom stereocenters. The lowest BCUT2D eigenvalue weighted by Gasteiger charge is -2.04. The normalized spacial score (nSPS) is 12.3. The van der Waals surface area contributed by atoms with Crippen LogP contribution in [0.5, 0.6) is 0 Å². The first-order valence-corrected chi connectivity index (χ1v) is 6.77. The molecule has 1 heterocycles. The van der Waals surface area contributed by atoms with Crippen molar-refractivity contribution in [3.63, 3.8) is 0 Å². The number of methoxy groups -OCH3 is 1. The van der Waals surface area contributed by atoms with E-state index in [2.05, 4.69) is 10.3 Å². The molecule has 0 bridgehead atoms. The Balaban J connectivity index is 2.18. The summed E-state index contributed by atoms with van der Waals surface area (Å²) < 4.78 is 10.2. The van der Waals surface area contributed by atoms with E-state index < -0.39 is 12.0 Å². The Labute approximate surface area is 115 Å². The van der Waals surface area contributed by atoms with Gasteiger partial charge in [-0.05, 0) is 6.42 Å². The van der Waals surface area contributed by atoms with Crippen LogP contribution in [-0.2, 0) is 14.3 Å². The van der Waals surface area contributed by atoms with Crippen molar-refractivity contribution in [2.45, 2.75) is 12.5 Å². The van der Waals surface area contributed by atoms with Gasteiger partial charge in [-0.2, -0.15) is 0 Å². The molecule has 0 fully saturated rings. The summed E-state index contributed by atoms with van der Waals surface area (Å²) in [6.07, 6.45) is 0.837. The molecule has 0 aliphatic rings. The second-order valence-corrected chi connectivity index (χ2v) is 4.64. The molecule has 1 aromatic rings. The molecule has 19 heavy (non-hydrogen) atoms. The number of nitrogens with one attached hydrogen (secondary N) is 1.